The Morgan fingerprint density at radius 3 is 3.00 bits per heavy atom. The second-order valence-electron chi connectivity index (χ2n) is 5.96. The Morgan fingerprint density at radius 2 is 2.13 bits per heavy atom. The van der Waals surface area contributed by atoms with Gasteiger partial charge in [-0.3, -0.25) is 0 Å². The van der Waals surface area contributed by atoms with Crippen LogP contribution in [0.4, 0.5) is 0 Å². The number of ether oxygens (including phenoxy) is 1. The lowest BCUT2D eigenvalue weighted by atomic mass is 9.77. The van der Waals surface area contributed by atoms with Gasteiger partial charge in [0, 0.05) is 12.6 Å². The van der Waals surface area contributed by atoms with Crippen molar-refractivity contribution in [3.8, 4) is 0 Å². The van der Waals surface area contributed by atoms with Crippen LogP contribution in [0.15, 0.2) is 0 Å². The molecule has 0 amide bonds. The molecule has 1 spiro atoms. The van der Waals surface area contributed by atoms with E-state index in [-0.39, 0.29) is 5.60 Å². The largest absolute Gasteiger partial charge is 0.369 e. The van der Waals surface area contributed by atoms with Gasteiger partial charge in [-0.1, -0.05) is 19.8 Å². The molecular weight excluding hydrogens is 186 g/mol. The molecule has 3 fully saturated rings. The average Bonchev–Trinajstić information content (AvgIpc) is 2.64. The lowest BCUT2D eigenvalue weighted by molar-refractivity contribution is -0.150. The molecule has 15 heavy (non-hydrogen) atoms. The van der Waals surface area contributed by atoms with Crippen LogP contribution in [0, 0.1) is 5.92 Å². The molecule has 4 unspecified atom stereocenters. The Bertz CT molecular complexity index is 243. The van der Waals surface area contributed by atoms with Crippen molar-refractivity contribution in [2.75, 3.05) is 6.54 Å². The fourth-order valence-electron chi connectivity index (χ4n) is 3.86. The van der Waals surface area contributed by atoms with E-state index in [1.54, 1.807) is 0 Å². The van der Waals surface area contributed by atoms with E-state index in [1.165, 1.54) is 44.9 Å². The monoisotopic (exact) mass is 209 g/mol. The molecule has 2 aliphatic carbocycles. The second-order valence-corrected chi connectivity index (χ2v) is 5.96. The van der Waals surface area contributed by atoms with Gasteiger partial charge in [-0.2, -0.15) is 0 Å². The van der Waals surface area contributed by atoms with E-state index in [0.717, 1.165) is 12.5 Å². The molecule has 2 nitrogen and oxygen atoms in total. The summed E-state index contributed by atoms with van der Waals surface area (Å²) in [7, 11) is 0. The van der Waals surface area contributed by atoms with Crippen LogP contribution in [0.1, 0.15) is 51.9 Å². The maximum absolute atomic E-state index is 6.45. The maximum atomic E-state index is 6.45. The van der Waals surface area contributed by atoms with Gasteiger partial charge in [0.15, 0.2) is 0 Å². The van der Waals surface area contributed by atoms with Crippen molar-refractivity contribution in [3.63, 3.8) is 0 Å². The van der Waals surface area contributed by atoms with Crippen molar-refractivity contribution in [2.24, 2.45) is 5.92 Å². The third-order valence-corrected chi connectivity index (χ3v) is 4.59. The van der Waals surface area contributed by atoms with Crippen LogP contribution in [0.2, 0.25) is 0 Å². The molecule has 1 saturated heterocycles. The molecule has 0 aromatic carbocycles. The first kappa shape index (κ1) is 10.1. The molecule has 3 rings (SSSR count). The highest BCUT2D eigenvalue weighted by Crippen LogP contribution is 2.40. The van der Waals surface area contributed by atoms with Gasteiger partial charge in [0.2, 0.25) is 0 Å². The lowest BCUT2D eigenvalue weighted by Gasteiger charge is -2.47. The van der Waals surface area contributed by atoms with E-state index in [9.17, 15) is 0 Å². The third kappa shape index (κ3) is 1.83. The summed E-state index contributed by atoms with van der Waals surface area (Å²) < 4.78 is 6.45. The molecule has 0 aromatic heterocycles. The number of rotatable bonds is 0. The molecule has 2 heteroatoms. The molecule has 0 aromatic rings. The van der Waals surface area contributed by atoms with Crippen LogP contribution in [0.3, 0.4) is 0 Å². The number of fused-ring (bicyclic) bond motifs is 1. The summed E-state index contributed by atoms with van der Waals surface area (Å²) in [6.45, 7) is 3.49. The van der Waals surface area contributed by atoms with Gasteiger partial charge in [0.1, 0.15) is 0 Å². The van der Waals surface area contributed by atoms with Gasteiger partial charge < -0.3 is 10.1 Å². The number of hydrogen-bond acceptors (Lipinski definition) is 2. The van der Waals surface area contributed by atoms with Crippen LogP contribution in [-0.2, 0) is 4.74 Å². The van der Waals surface area contributed by atoms with Crippen molar-refractivity contribution in [3.05, 3.63) is 0 Å². The minimum absolute atomic E-state index is 0.211. The summed E-state index contributed by atoms with van der Waals surface area (Å²) in [6, 6.07) is 0.674. The smallest absolute Gasteiger partial charge is 0.0813 e. The van der Waals surface area contributed by atoms with Crippen LogP contribution in [0.5, 0.6) is 0 Å². The van der Waals surface area contributed by atoms with Crippen LogP contribution in [0.25, 0.3) is 0 Å². The Balaban J connectivity index is 1.71. The summed E-state index contributed by atoms with van der Waals surface area (Å²) in [5.41, 5.74) is 0.211. The topological polar surface area (TPSA) is 21.3 Å². The number of morpholine rings is 1. The molecule has 3 aliphatic rings. The molecule has 2 saturated carbocycles. The minimum atomic E-state index is 0.211. The zero-order chi connectivity index (χ0) is 10.3. The Hall–Kier alpha value is -0.0800. The van der Waals surface area contributed by atoms with E-state index in [2.05, 4.69) is 12.2 Å². The SMILES string of the molecule is CC1CCCC2(CNC3CCCC3O2)C1. The van der Waals surface area contributed by atoms with Crippen LogP contribution < -0.4 is 5.32 Å². The summed E-state index contributed by atoms with van der Waals surface area (Å²) in [6.07, 6.45) is 9.83. The molecule has 0 bridgehead atoms. The summed E-state index contributed by atoms with van der Waals surface area (Å²) in [5.74, 6) is 0.860. The first-order valence-electron chi connectivity index (χ1n) is 6.69. The first-order chi connectivity index (χ1) is 7.27. The molecule has 1 N–H and O–H groups in total. The van der Waals surface area contributed by atoms with Crippen molar-refractivity contribution in [2.45, 2.75) is 69.6 Å². The molecule has 0 radical (unpaired) electrons. The predicted molar refractivity (Wildman–Crippen MR) is 60.9 cm³/mol. The molecule has 86 valence electrons. The van der Waals surface area contributed by atoms with Gasteiger partial charge >= 0.3 is 0 Å². The molecule has 1 heterocycles. The molecular formula is C13H23NO. The number of nitrogens with one attached hydrogen (secondary N) is 1. The molecule has 4 atom stereocenters. The maximum Gasteiger partial charge on any atom is 0.0813 e. The van der Waals surface area contributed by atoms with E-state index in [1.807, 2.05) is 0 Å². The van der Waals surface area contributed by atoms with Crippen LogP contribution in [-0.4, -0.2) is 24.3 Å². The van der Waals surface area contributed by atoms with E-state index < -0.39 is 0 Å². The van der Waals surface area contributed by atoms with Crippen molar-refractivity contribution in [1.82, 2.24) is 5.32 Å². The minimum Gasteiger partial charge on any atom is -0.369 e. The fourth-order valence-corrected chi connectivity index (χ4v) is 3.86. The summed E-state index contributed by atoms with van der Waals surface area (Å²) in [4.78, 5) is 0. The van der Waals surface area contributed by atoms with Crippen molar-refractivity contribution >= 4 is 0 Å². The fraction of sp³-hybridized carbons (Fsp3) is 1.00. The Labute approximate surface area is 92.8 Å². The average molecular weight is 209 g/mol. The summed E-state index contributed by atoms with van der Waals surface area (Å²) >= 11 is 0. The third-order valence-electron chi connectivity index (χ3n) is 4.59. The van der Waals surface area contributed by atoms with Crippen molar-refractivity contribution in [1.29, 1.82) is 0 Å². The molecule has 1 aliphatic heterocycles. The van der Waals surface area contributed by atoms with E-state index in [4.69, 9.17) is 4.74 Å². The highest BCUT2D eigenvalue weighted by Gasteiger charge is 2.44. The summed E-state index contributed by atoms with van der Waals surface area (Å²) in [5, 5.41) is 3.74. The standard InChI is InChI=1S/C13H23NO/c1-10-4-3-7-13(8-10)9-14-11-5-2-6-12(11)15-13/h10-12,14H,2-9H2,1H3. The Kier molecular flexibility index (Phi) is 2.52. The first-order valence-corrected chi connectivity index (χ1v) is 6.69. The van der Waals surface area contributed by atoms with Gasteiger partial charge in [-0.05, 0) is 38.0 Å². The van der Waals surface area contributed by atoms with Crippen LogP contribution >= 0.6 is 0 Å². The highest BCUT2D eigenvalue weighted by molar-refractivity contribution is 4.98. The zero-order valence-electron chi connectivity index (χ0n) is 9.80. The normalized spacial score (nSPS) is 50.6. The van der Waals surface area contributed by atoms with Crippen molar-refractivity contribution < 1.29 is 4.74 Å². The zero-order valence-corrected chi connectivity index (χ0v) is 9.80. The lowest BCUT2D eigenvalue weighted by Crippen LogP contribution is -2.58. The number of hydrogen-bond donors (Lipinski definition) is 1. The van der Waals surface area contributed by atoms with Gasteiger partial charge in [0.05, 0.1) is 11.7 Å². The van der Waals surface area contributed by atoms with Gasteiger partial charge in [0.25, 0.3) is 0 Å². The second kappa shape index (κ2) is 3.74. The highest BCUT2D eigenvalue weighted by atomic mass is 16.5. The van der Waals surface area contributed by atoms with Gasteiger partial charge in [-0.25, -0.2) is 0 Å². The Morgan fingerprint density at radius 1 is 1.20 bits per heavy atom. The van der Waals surface area contributed by atoms with Gasteiger partial charge in [-0.15, -0.1) is 0 Å². The quantitative estimate of drug-likeness (QED) is 0.662. The predicted octanol–water partition coefficient (Wildman–Crippen LogP) is 2.48. The van der Waals surface area contributed by atoms with E-state index in [0.29, 0.717) is 12.1 Å². The van der Waals surface area contributed by atoms with E-state index >= 15 is 0 Å².